The fourth-order valence-electron chi connectivity index (χ4n) is 3.21. The summed E-state index contributed by atoms with van der Waals surface area (Å²) in [5, 5.41) is 12.5. The maximum absolute atomic E-state index is 12.5. The summed E-state index contributed by atoms with van der Waals surface area (Å²) >= 11 is 0. The van der Waals surface area contributed by atoms with Crippen LogP contribution in [0.25, 0.3) is 22.1 Å². The molecule has 0 radical (unpaired) electrons. The van der Waals surface area contributed by atoms with E-state index in [1.54, 1.807) is 48.5 Å². The first kappa shape index (κ1) is 22.3. The van der Waals surface area contributed by atoms with Gasteiger partial charge >= 0.3 is 5.97 Å². The maximum atomic E-state index is 12.5. The van der Waals surface area contributed by atoms with Gasteiger partial charge < -0.3 is 14.8 Å². The molecule has 0 unspecified atom stereocenters. The van der Waals surface area contributed by atoms with Gasteiger partial charge in [-0.3, -0.25) is 9.59 Å². The van der Waals surface area contributed by atoms with Crippen molar-refractivity contribution >= 4 is 38.6 Å². The van der Waals surface area contributed by atoms with Gasteiger partial charge in [-0.2, -0.15) is 4.72 Å². The Labute approximate surface area is 189 Å². The Bertz CT molecular complexity index is 1390. The first-order valence-corrected chi connectivity index (χ1v) is 11.5. The minimum Gasteiger partial charge on any atom is -0.480 e. The van der Waals surface area contributed by atoms with Gasteiger partial charge in [-0.05, 0) is 54.4 Å². The minimum absolute atomic E-state index is 0.0333. The number of carboxylic acids is 1. The van der Waals surface area contributed by atoms with E-state index in [1.165, 1.54) is 19.1 Å². The lowest BCUT2D eigenvalue weighted by atomic mass is 10.1. The molecule has 1 atom stereocenters. The smallest absolute Gasteiger partial charge is 0.321 e. The molecule has 0 saturated heterocycles. The number of para-hydroxylation sites is 1. The van der Waals surface area contributed by atoms with Gasteiger partial charge in [0.2, 0.25) is 10.0 Å². The van der Waals surface area contributed by atoms with E-state index in [0.29, 0.717) is 11.3 Å². The van der Waals surface area contributed by atoms with Crippen molar-refractivity contribution in [3.8, 4) is 11.1 Å². The van der Waals surface area contributed by atoms with Crippen LogP contribution in [0.1, 0.15) is 17.5 Å². The summed E-state index contributed by atoms with van der Waals surface area (Å²) in [5.41, 5.74) is 2.79. The number of hydrogen-bond donors (Lipinski definition) is 3. The summed E-state index contributed by atoms with van der Waals surface area (Å²) in [6.45, 7) is 1.25. The van der Waals surface area contributed by atoms with Gasteiger partial charge in [0.1, 0.15) is 11.6 Å². The van der Waals surface area contributed by atoms with E-state index < -0.39 is 22.0 Å². The summed E-state index contributed by atoms with van der Waals surface area (Å²) < 4.78 is 32.3. The Morgan fingerprint density at radius 3 is 2.12 bits per heavy atom. The number of anilines is 1. The average molecular weight is 464 g/mol. The predicted molar refractivity (Wildman–Crippen MR) is 123 cm³/mol. The highest BCUT2D eigenvalue weighted by Crippen LogP contribution is 2.24. The van der Waals surface area contributed by atoms with Crippen molar-refractivity contribution in [3.05, 3.63) is 84.6 Å². The zero-order chi connectivity index (χ0) is 23.6. The van der Waals surface area contributed by atoms with Crippen LogP contribution >= 0.6 is 0 Å². The Hall–Kier alpha value is -3.95. The van der Waals surface area contributed by atoms with Crippen molar-refractivity contribution in [2.75, 3.05) is 5.32 Å². The number of furan rings is 1. The highest BCUT2D eigenvalue weighted by Gasteiger charge is 2.21. The lowest BCUT2D eigenvalue weighted by molar-refractivity contribution is -0.138. The standard InChI is InChI=1S/C24H20N2O6S/c1-15(24(28)29)26-33(30,31)20-12-8-17(9-13-20)16-6-10-19(11-7-16)25-23(27)22-14-18-4-2-3-5-21(18)32-22/h2-15,26H,1H3,(H,25,27)(H,28,29)/t15-/m1/s1. The number of carboxylic acid groups (broad SMARTS) is 1. The van der Waals surface area contributed by atoms with Crippen LogP contribution in [-0.4, -0.2) is 31.4 Å². The number of benzene rings is 3. The Morgan fingerprint density at radius 2 is 1.52 bits per heavy atom. The number of hydrogen-bond acceptors (Lipinski definition) is 5. The molecule has 0 aliphatic heterocycles. The van der Waals surface area contributed by atoms with Gasteiger partial charge in [0.25, 0.3) is 5.91 Å². The fourth-order valence-corrected chi connectivity index (χ4v) is 4.41. The molecular formula is C24H20N2O6S. The molecule has 0 bridgehead atoms. The van der Waals surface area contributed by atoms with E-state index in [1.807, 2.05) is 18.2 Å². The zero-order valence-electron chi connectivity index (χ0n) is 17.5. The summed E-state index contributed by atoms with van der Waals surface area (Å²) in [7, 11) is -3.95. The van der Waals surface area contributed by atoms with E-state index in [9.17, 15) is 18.0 Å². The molecule has 8 nitrogen and oxygen atoms in total. The fraction of sp³-hybridized carbons (Fsp3) is 0.0833. The van der Waals surface area contributed by atoms with Gasteiger partial charge in [0.15, 0.2) is 5.76 Å². The molecule has 33 heavy (non-hydrogen) atoms. The van der Waals surface area contributed by atoms with Crippen LogP contribution in [0.4, 0.5) is 5.69 Å². The molecule has 0 fully saturated rings. The molecule has 4 aromatic rings. The third kappa shape index (κ3) is 4.94. The van der Waals surface area contributed by atoms with Gasteiger partial charge in [0, 0.05) is 11.1 Å². The highest BCUT2D eigenvalue weighted by molar-refractivity contribution is 7.89. The monoisotopic (exact) mass is 464 g/mol. The second-order valence-electron chi connectivity index (χ2n) is 7.39. The second kappa shape index (κ2) is 8.89. The van der Waals surface area contributed by atoms with Crippen molar-refractivity contribution in [1.82, 2.24) is 4.72 Å². The first-order chi connectivity index (χ1) is 15.7. The zero-order valence-corrected chi connectivity index (χ0v) is 18.3. The third-order valence-electron chi connectivity index (χ3n) is 4.99. The molecule has 3 N–H and O–H groups in total. The summed E-state index contributed by atoms with van der Waals surface area (Å²) in [4.78, 5) is 23.4. The number of nitrogens with one attached hydrogen (secondary N) is 2. The van der Waals surface area contributed by atoms with Crippen molar-refractivity contribution in [2.45, 2.75) is 17.9 Å². The molecule has 1 amide bonds. The Kier molecular flexibility index (Phi) is 5.99. The van der Waals surface area contributed by atoms with Crippen molar-refractivity contribution in [1.29, 1.82) is 0 Å². The summed E-state index contributed by atoms with van der Waals surface area (Å²) in [6, 6.07) is 20.9. The Morgan fingerprint density at radius 1 is 0.909 bits per heavy atom. The normalized spacial score (nSPS) is 12.4. The van der Waals surface area contributed by atoms with Gasteiger partial charge in [0.05, 0.1) is 4.90 Å². The largest absolute Gasteiger partial charge is 0.480 e. The van der Waals surface area contributed by atoms with Crippen LogP contribution in [0.2, 0.25) is 0 Å². The number of sulfonamides is 1. The van der Waals surface area contributed by atoms with E-state index in [0.717, 1.165) is 16.5 Å². The quantitative estimate of drug-likeness (QED) is 0.378. The number of fused-ring (bicyclic) bond motifs is 1. The summed E-state index contributed by atoms with van der Waals surface area (Å²) in [6.07, 6.45) is 0. The van der Waals surface area contributed by atoms with E-state index in [4.69, 9.17) is 9.52 Å². The van der Waals surface area contributed by atoms with Gasteiger partial charge in [-0.15, -0.1) is 0 Å². The first-order valence-electron chi connectivity index (χ1n) is 9.98. The van der Waals surface area contributed by atoms with Gasteiger partial charge in [-0.1, -0.05) is 42.5 Å². The molecule has 168 valence electrons. The molecule has 1 heterocycles. The highest BCUT2D eigenvalue weighted by atomic mass is 32.2. The van der Waals surface area contributed by atoms with E-state index in [2.05, 4.69) is 10.0 Å². The molecule has 0 aliphatic rings. The summed E-state index contributed by atoms with van der Waals surface area (Å²) in [5.74, 6) is -1.41. The number of amides is 1. The molecule has 4 rings (SSSR count). The van der Waals surface area contributed by atoms with Crippen molar-refractivity contribution < 1.29 is 27.5 Å². The van der Waals surface area contributed by atoms with Crippen molar-refractivity contribution in [2.24, 2.45) is 0 Å². The van der Waals surface area contributed by atoms with E-state index >= 15 is 0 Å². The van der Waals surface area contributed by atoms with Crippen LogP contribution in [0.15, 0.2) is 88.2 Å². The number of carbonyl (C=O) groups excluding carboxylic acids is 1. The van der Waals surface area contributed by atoms with Crippen LogP contribution in [0.5, 0.6) is 0 Å². The van der Waals surface area contributed by atoms with Crippen LogP contribution < -0.4 is 10.0 Å². The second-order valence-corrected chi connectivity index (χ2v) is 9.10. The number of carbonyl (C=O) groups is 2. The average Bonchev–Trinajstić information content (AvgIpc) is 3.24. The van der Waals surface area contributed by atoms with Crippen LogP contribution in [0, 0.1) is 0 Å². The van der Waals surface area contributed by atoms with Crippen LogP contribution in [-0.2, 0) is 14.8 Å². The SMILES string of the molecule is C[C@@H](NS(=O)(=O)c1ccc(-c2ccc(NC(=O)c3cc4ccccc4o3)cc2)cc1)C(=O)O. The molecule has 9 heteroatoms. The van der Waals surface area contributed by atoms with E-state index in [-0.39, 0.29) is 16.6 Å². The lowest BCUT2D eigenvalue weighted by Gasteiger charge is -2.11. The molecule has 0 spiro atoms. The van der Waals surface area contributed by atoms with Crippen LogP contribution in [0.3, 0.4) is 0 Å². The molecule has 0 saturated carbocycles. The minimum atomic E-state index is -3.95. The Balaban J connectivity index is 1.45. The molecule has 0 aliphatic carbocycles. The topological polar surface area (TPSA) is 126 Å². The predicted octanol–water partition coefficient (Wildman–Crippen LogP) is 4.10. The van der Waals surface area contributed by atoms with Gasteiger partial charge in [-0.25, -0.2) is 8.42 Å². The maximum Gasteiger partial charge on any atom is 0.321 e. The molecule has 1 aromatic heterocycles. The lowest BCUT2D eigenvalue weighted by Crippen LogP contribution is -2.38. The molecule has 3 aromatic carbocycles. The number of aliphatic carboxylic acids is 1. The third-order valence-corrected chi connectivity index (χ3v) is 6.55. The number of rotatable bonds is 7. The molecular weight excluding hydrogens is 444 g/mol. The van der Waals surface area contributed by atoms with Crippen molar-refractivity contribution in [3.63, 3.8) is 0 Å².